The van der Waals surface area contributed by atoms with Gasteiger partial charge in [-0.1, -0.05) is 89.6 Å². The summed E-state index contributed by atoms with van der Waals surface area (Å²) in [6.07, 6.45) is 8.06. The van der Waals surface area contributed by atoms with Gasteiger partial charge >= 0.3 is 12.5 Å². The van der Waals surface area contributed by atoms with Crippen molar-refractivity contribution in [2.45, 2.75) is 130 Å². The van der Waals surface area contributed by atoms with Crippen molar-refractivity contribution in [2.75, 3.05) is 6.54 Å². The number of ketones is 1. The molecule has 2 bridgehead atoms. The topological polar surface area (TPSA) is 96.3 Å². The van der Waals surface area contributed by atoms with Crippen molar-refractivity contribution < 1.29 is 42.4 Å². The van der Waals surface area contributed by atoms with E-state index >= 15 is 4.79 Å². The molecule has 1 heterocycles. The van der Waals surface area contributed by atoms with Gasteiger partial charge in [0.05, 0.1) is 23.1 Å². The SMILES string of the molecule is CC(C)[C@H]1CC[C@H](C)C[C@@H]1OC(=O)N(Cc1ccc(OC(F)(F)F)cc1)C[C@]1(O)CC[C@H]2[C@]34C=C[C@@]5(C=C3C(=O)c3cc6ccccc6s3)CC(O)CC[C@]5(C)[C@H]4CC[C@@]21C. The summed E-state index contributed by atoms with van der Waals surface area (Å²) in [5, 5.41) is 25.5. The highest BCUT2D eigenvalue weighted by molar-refractivity contribution is 7.21. The Kier molecular flexibility index (Phi) is 10.5. The molecule has 0 saturated heterocycles. The molecular formula is C50H60F3NO6S. The van der Waals surface area contributed by atoms with E-state index in [-0.39, 0.29) is 53.9 Å². The van der Waals surface area contributed by atoms with Gasteiger partial charge in [0.1, 0.15) is 11.9 Å². The van der Waals surface area contributed by atoms with Crippen LogP contribution in [-0.4, -0.2) is 57.7 Å². The zero-order valence-electron chi connectivity index (χ0n) is 36.0. The minimum Gasteiger partial charge on any atom is -0.446 e. The molecule has 4 saturated carbocycles. The second-order valence-corrected chi connectivity index (χ2v) is 21.7. The molecule has 7 aliphatic rings. The largest absolute Gasteiger partial charge is 0.573 e. The Morgan fingerprint density at radius 2 is 1.64 bits per heavy atom. The van der Waals surface area contributed by atoms with E-state index in [9.17, 15) is 28.2 Å². The van der Waals surface area contributed by atoms with E-state index in [4.69, 9.17) is 4.74 Å². The predicted molar refractivity (Wildman–Crippen MR) is 230 cm³/mol. The second-order valence-electron chi connectivity index (χ2n) is 20.6. The fourth-order valence-corrected chi connectivity index (χ4v) is 14.8. The fourth-order valence-electron chi connectivity index (χ4n) is 13.8. The number of nitrogens with zero attached hydrogens (tertiary/aromatic N) is 1. The van der Waals surface area contributed by atoms with Crippen LogP contribution >= 0.6 is 11.3 Å². The number of hydrogen-bond donors (Lipinski definition) is 2. The number of allylic oxidation sites excluding steroid dienone is 4. The predicted octanol–water partition coefficient (Wildman–Crippen LogP) is 11.7. The molecule has 7 nitrogen and oxygen atoms in total. The summed E-state index contributed by atoms with van der Waals surface area (Å²) in [7, 11) is 0. The number of Topliss-reactive ketones (excluding diaryl/α,β-unsaturated/α-hetero) is 1. The average Bonchev–Trinajstić information content (AvgIpc) is 3.75. The molecule has 1 aromatic heterocycles. The number of alkyl halides is 3. The van der Waals surface area contributed by atoms with E-state index in [0.717, 1.165) is 47.8 Å². The van der Waals surface area contributed by atoms with Crippen LogP contribution in [0.1, 0.15) is 114 Å². The molecule has 61 heavy (non-hydrogen) atoms. The second kappa shape index (κ2) is 15.0. The molecule has 4 fully saturated rings. The third-order valence-corrected chi connectivity index (χ3v) is 18.2. The molecule has 1 amide bonds. The van der Waals surface area contributed by atoms with Crippen molar-refractivity contribution in [1.29, 1.82) is 0 Å². The number of carbonyl (C=O) groups excluding carboxylic acids is 2. The summed E-state index contributed by atoms with van der Waals surface area (Å²) in [5.74, 6) is 0.520. The molecule has 2 N–H and O–H groups in total. The number of hydrogen-bond acceptors (Lipinski definition) is 7. The van der Waals surface area contributed by atoms with Crippen LogP contribution < -0.4 is 4.74 Å². The highest BCUT2D eigenvalue weighted by atomic mass is 32.1. The maximum absolute atomic E-state index is 15.2. The lowest BCUT2D eigenvalue weighted by Gasteiger charge is -2.71. The van der Waals surface area contributed by atoms with E-state index in [1.54, 1.807) is 4.90 Å². The number of amides is 1. The number of fused-ring (bicyclic) bond motifs is 2. The van der Waals surface area contributed by atoms with Crippen LogP contribution in [0, 0.1) is 51.2 Å². The molecule has 0 aliphatic heterocycles. The number of aliphatic hydroxyl groups excluding tert-OH is 1. The molecule has 2 aromatic carbocycles. The number of aliphatic hydroxyl groups is 2. The van der Waals surface area contributed by atoms with Crippen molar-refractivity contribution in [3.05, 3.63) is 88.8 Å². The first kappa shape index (κ1) is 42.6. The molecule has 0 radical (unpaired) electrons. The van der Waals surface area contributed by atoms with Gasteiger partial charge in [-0.3, -0.25) is 4.79 Å². The van der Waals surface area contributed by atoms with Crippen LogP contribution in [0.25, 0.3) is 10.1 Å². The molecule has 11 atom stereocenters. The number of rotatable bonds is 9. The summed E-state index contributed by atoms with van der Waals surface area (Å²) < 4.78 is 50.8. The van der Waals surface area contributed by atoms with Crippen LogP contribution in [0.2, 0.25) is 0 Å². The normalized spacial score (nSPS) is 37.8. The molecule has 7 aliphatic carbocycles. The molecule has 10 rings (SSSR count). The number of benzene rings is 2. The maximum Gasteiger partial charge on any atom is 0.573 e. The minimum atomic E-state index is -4.84. The van der Waals surface area contributed by atoms with Crippen LogP contribution in [-0.2, 0) is 11.3 Å². The van der Waals surface area contributed by atoms with Crippen molar-refractivity contribution in [3.8, 4) is 5.75 Å². The molecule has 1 unspecified atom stereocenters. The quantitative estimate of drug-likeness (QED) is 0.164. The summed E-state index contributed by atoms with van der Waals surface area (Å²) in [6.45, 7) is 11.0. The van der Waals surface area contributed by atoms with Crippen molar-refractivity contribution in [2.24, 2.45) is 51.2 Å². The highest BCUT2D eigenvalue weighted by Gasteiger charge is 2.74. The maximum atomic E-state index is 15.2. The highest BCUT2D eigenvalue weighted by Crippen LogP contribution is 2.78. The molecule has 3 aromatic rings. The van der Waals surface area contributed by atoms with Gasteiger partial charge in [0.15, 0.2) is 5.78 Å². The van der Waals surface area contributed by atoms with Gasteiger partial charge in [0.2, 0.25) is 0 Å². The van der Waals surface area contributed by atoms with E-state index in [2.05, 4.69) is 57.6 Å². The molecular weight excluding hydrogens is 800 g/mol. The zero-order valence-corrected chi connectivity index (χ0v) is 36.8. The first-order chi connectivity index (χ1) is 28.8. The van der Waals surface area contributed by atoms with Crippen molar-refractivity contribution in [1.82, 2.24) is 4.90 Å². The number of thiophene rings is 1. The van der Waals surface area contributed by atoms with Crippen molar-refractivity contribution in [3.63, 3.8) is 0 Å². The third-order valence-electron chi connectivity index (χ3n) is 17.1. The summed E-state index contributed by atoms with van der Waals surface area (Å²) in [4.78, 5) is 32.1. The first-order valence-corrected chi connectivity index (χ1v) is 23.3. The summed E-state index contributed by atoms with van der Waals surface area (Å²) in [6, 6.07) is 15.6. The van der Waals surface area contributed by atoms with Crippen LogP contribution in [0.4, 0.5) is 18.0 Å². The molecule has 2 spiro atoms. The lowest BCUT2D eigenvalue weighted by molar-refractivity contribution is -0.274. The van der Waals surface area contributed by atoms with Gasteiger partial charge in [-0.15, -0.1) is 24.5 Å². The Morgan fingerprint density at radius 1 is 0.934 bits per heavy atom. The van der Waals surface area contributed by atoms with Gasteiger partial charge in [-0.05, 0) is 128 Å². The zero-order chi connectivity index (χ0) is 43.3. The summed E-state index contributed by atoms with van der Waals surface area (Å²) in [5.41, 5.74) is -2.07. The Morgan fingerprint density at radius 3 is 2.36 bits per heavy atom. The Balaban J connectivity index is 1.08. The van der Waals surface area contributed by atoms with Gasteiger partial charge in [-0.25, -0.2) is 4.79 Å². The van der Waals surface area contributed by atoms with Crippen LogP contribution in [0.3, 0.4) is 0 Å². The fraction of sp³-hybridized carbons (Fsp3) is 0.600. The van der Waals surface area contributed by atoms with E-state index in [1.165, 1.54) is 35.6 Å². The third kappa shape index (κ3) is 6.89. The number of halogens is 3. The van der Waals surface area contributed by atoms with E-state index in [0.29, 0.717) is 54.4 Å². The average molecular weight is 860 g/mol. The molecule has 11 heteroatoms. The summed E-state index contributed by atoms with van der Waals surface area (Å²) >= 11 is 1.51. The standard InChI is InChI=1S/C50H60F3NO6S/c1-30(2)36-15-10-31(3)24-38(36)59-44(57)54(28-32-11-13-35(14-12-32)60-50(51,52)53)29-48(58)21-18-42-46(48,5)20-17-41-45(4)19-16-34(55)26-47(45)22-23-49(41,42)37(27-47)43(56)40-25-33-8-6-7-9-39(33)61-40/h6-9,11-14,22-23,25,27,30-31,34,36,38,41-42,55,58H,10,15-21,24,26,28-29H2,1-5H3/t31-,34?,36+,38-,41+,42+,45+,46-,47-,48+,49+/m0/s1. The molecule has 328 valence electrons. The Hall–Kier alpha value is -3.67. The van der Waals surface area contributed by atoms with Gasteiger partial charge < -0.3 is 24.6 Å². The number of ether oxygens (including phenoxy) is 2. The van der Waals surface area contributed by atoms with Crippen LogP contribution in [0.15, 0.2) is 78.4 Å². The van der Waals surface area contributed by atoms with E-state index in [1.807, 2.05) is 30.3 Å². The van der Waals surface area contributed by atoms with E-state index < -0.39 is 40.4 Å². The van der Waals surface area contributed by atoms with Crippen molar-refractivity contribution >= 4 is 33.3 Å². The van der Waals surface area contributed by atoms with Gasteiger partial charge in [0, 0.05) is 33.1 Å². The lowest BCUT2D eigenvalue weighted by Crippen LogP contribution is -2.67. The van der Waals surface area contributed by atoms with Gasteiger partial charge in [0.25, 0.3) is 0 Å². The Labute approximate surface area is 361 Å². The van der Waals surface area contributed by atoms with Gasteiger partial charge in [-0.2, -0.15) is 0 Å². The first-order valence-electron chi connectivity index (χ1n) is 22.5. The minimum absolute atomic E-state index is 0.0151. The number of carbonyl (C=O) groups is 2. The Bertz CT molecular complexity index is 2220. The monoisotopic (exact) mass is 859 g/mol. The smallest absolute Gasteiger partial charge is 0.446 e. The lowest BCUT2D eigenvalue weighted by atomic mass is 9.32. The van der Waals surface area contributed by atoms with Crippen LogP contribution in [0.5, 0.6) is 5.75 Å².